The van der Waals surface area contributed by atoms with Crippen molar-refractivity contribution in [3.05, 3.63) is 21.9 Å². The standard InChI is InChI=1S/C13H19ClS/c1-2-11-5-6-12(15-11)9-13(10-14)7-3-4-8-13/h5-6H,2-4,7-10H2,1H3. The summed E-state index contributed by atoms with van der Waals surface area (Å²) in [6.07, 6.45) is 7.78. The molecule has 0 radical (unpaired) electrons. The van der Waals surface area contributed by atoms with Crippen molar-refractivity contribution in [1.82, 2.24) is 0 Å². The lowest BCUT2D eigenvalue weighted by atomic mass is 9.84. The van der Waals surface area contributed by atoms with Crippen molar-refractivity contribution in [2.75, 3.05) is 5.88 Å². The van der Waals surface area contributed by atoms with Gasteiger partial charge in [-0.15, -0.1) is 22.9 Å². The Hall–Kier alpha value is -0.0100. The highest BCUT2D eigenvalue weighted by molar-refractivity contribution is 7.11. The molecule has 1 aliphatic rings. The predicted molar refractivity (Wildman–Crippen MR) is 69.0 cm³/mol. The zero-order chi connectivity index (χ0) is 10.7. The quantitative estimate of drug-likeness (QED) is 0.674. The average molecular weight is 243 g/mol. The van der Waals surface area contributed by atoms with E-state index in [-0.39, 0.29) is 0 Å². The molecule has 0 bridgehead atoms. The summed E-state index contributed by atoms with van der Waals surface area (Å²) in [7, 11) is 0. The smallest absolute Gasteiger partial charge is 0.0283 e. The van der Waals surface area contributed by atoms with Gasteiger partial charge in [-0.3, -0.25) is 0 Å². The topological polar surface area (TPSA) is 0 Å². The number of halogens is 1. The molecule has 1 fully saturated rings. The monoisotopic (exact) mass is 242 g/mol. The molecule has 0 unspecified atom stereocenters. The van der Waals surface area contributed by atoms with Crippen LogP contribution in [0.2, 0.25) is 0 Å². The van der Waals surface area contributed by atoms with Gasteiger partial charge in [0, 0.05) is 15.6 Å². The summed E-state index contributed by atoms with van der Waals surface area (Å²) in [4.78, 5) is 3.04. The summed E-state index contributed by atoms with van der Waals surface area (Å²) < 4.78 is 0. The van der Waals surface area contributed by atoms with Gasteiger partial charge in [-0.1, -0.05) is 19.8 Å². The first-order valence-corrected chi connectivity index (χ1v) is 7.27. The molecule has 0 N–H and O–H groups in total. The molecule has 1 aromatic rings. The third-order valence-electron chi connectivity index (χ3n) is 3.56. The summed E-state index contributed by atoms with van der Waals surface area (Å²) in [5.74, 6) is 0.840. The van der Waals surface area contributed by atoms with Crippen molar-refractivity contribution < 1.29 is 0 Å². The second-order valence-corrected chi connectivity index (χ2v) is 6.26. The predicted octanol–water partition coefficient (Wildman–Crippen LogP) is 4.65. The highest BCUT2D eigenvalue weighted by atomic mass is 35.5. The summed E-state index contributed by atoms with van der Waals surface area (Å²) >= 11 is 8.13. The van der Waals surface area contributed by atoms with Crippen molar-refractivity contribution in [2.24, 2.45) is 5.41 Å². The number of rotatable bonds is 4. The van der Waals surface area contributed by atoms with Crippen molar-refractivity contribution in [3.63, 3.8) is 0 Å². The van der Waals surface area contributed by atoms with E-state index in [0.29, 0.717) is 5.41 Å². The Morgan fingerprint density at radius 1 is 1.27 bits per heavy atom. The normalized spacial score (nSPS) is 19.6. The Balaban J connectivity index is 2.05. The van der Waals surface area contributed by atoms with E-state index in [4.69, 9.17) is 11.6 Å². The summed E-state index contributed by atoms with van der Waals surface area (Å²) in [6.45, 7) is 2.22. The molecule has 0 nitrogen and oxygen atoms in total. The molecule has 15 heavy (non-hydrogen) atoms. The fraction of sp³-hybridized carbons (Fsp3) is 0.692. The molecule has 1 aliphatic carbocycles. The van der Waals surface area contributed by atoms with Crippen LogP contribution in [0.25, 0.3) is 0 Å². The van der Waals surface area contributed by atoms with E-state index < -0.39 is 0 Å². The van der Waals surface area contributed by atoms with Gasteiger partial charge in [0.15, 0.2) is 0 Å². The summed E-state index contributed by atoms with van der Waals surface area (Å²) in [5.41, 5.74) is 0.428. The maximum absolute atomic E-state index is 6.16. The largest absolute Gasteiger partial charge is 0.145 e. The van der Waals surface area contributed by atoms with Crippen LogP contribution in [0, 0.1) is 5.41 Å². The van der Waals surface area contributed by atoms with Gasteiger partial charge in [0.1, 0.15) is 0 Å². The SMILES string of the molecule is CCc1ccc(CC2(CCl)CCCC2)s1. The van der Waals surface area contributed by atoms with Crippen molar-refractivity contribution in [2.45, 2.75) is 45.4 Å². The maximum atomic E-state index is 6.16. The molecule has 1 saturated carbocycles. The number of thiophene rings is 1. The first kappa shape index (κ1) is 11.5. The van der Waals surface area contributed by atoms with Crippen LogP contribution < -0.4 is 0 Å². The van der Waals surface area contributed by atoms with E-state index >= 15 is 0 Å². The molecule has 2 rings (SSSR count). The second kappa shape index (κ2) is 4.88. The van der Waals surface area contributed by atoms with Crippen LogP contribution in [0.3, 0.4) is 0 Å². The Morgan fingerprint density at radius 2 is 1.93 bits per heavy atom. The Bertz CT molecular complexity index is 310. The number of hydrogen-bond acceptors (Lipinski definition) is 1. The molecule has 2 heteroatoms. The lowest BCUT2D eigenvalue weighted by molar-refractivity contribution is 0.343. The minimum Gasteiger partial charge on any atom is -0.145 e. The molecule has 0 spiro atoms. The van der Waals surface area contributed by atoms with Crippen LogP contribution in [-0.4, -0.2) is 5.88 Å². The van der Waals surface area contributed by atoms with Gasteiger partial charge < -0.3 is 0 Å². The molecule has 1 heterocycles. The molecule has 0 atom stereocenters. The zero-order valence-electron chi connectivity index (χ0n) is 9.39. The molecule has 0 saturated heterocycles. The first-order chi connectivity index (χ1) is 7.28. The van der Waals surface area contributed by atoms with E-state index in [1.165, 1.54) is 48.3 Å². The minimum absolute atomic E-state index is 0.428. The molecular weight excluding hydrogens is 224 g/mol. The van der Waals surface area contributed by atoms with E-state index in [0.717, 1.165) is 5.88 Å². The fourth-order valence-corrected chi connectivity index (χ4v) is 4.05. The van der Waals surface area contributed by atoms with Gasteiger partial charge in [0.2, 0.25) is 0 Å². The van der Waals surface area contributed by atoms with Crippen molar-refractivity contribution >= 4 is 22.9 Å². The van der Waals surface area contributed by atoms with E-state index in [2.05, 4.69) is 19.1 Å². The first-order valence-electron chi connectivity index (χ1n) is 5.91. The number of aryl methyl sites for hydroxylation is 1. The molecule has 1 aromatic heterocycles. The average Bonchev–Trinajstić information content (AvgIpc) is 2.88. The van der Waals surface area contributed by atoms with Crippen LogP contribution >= 0.6 is 22.9 Å². The molecular formula is C13H19ClS. The lowest BCUT2D eigenvalue weighted by Gasteiger charge is -2.25. The van der Waals surface area contributed by atoms with Crippen LogP contribution in [0.5, 0.6) is 0 Å². The minimum atomic E-state index is 0.428. The van der Waals surface area contributed by atoms with Crippen molar-refractivity contribution in [1.29, 1.82) is 0 Å². The molecule has 0 aromatic carbocycles. The van der Waals surface area contributed by atoms with Crippen LogP contribution in [0.1, 0.15) is 42.4 Å². The van der Waals surface area contributed by atoms with Gasteiger partial charge in [-0.05, 0) is 43.2 Å². The Labute approximate surface area is 102 Å². The molecule has 84 valence electrons. The van der Waals surface area contributed by atoms with Gasteiger partial charge in [0.05, 0.1) is 0 Å². The Morgan fingerprint density at radius 3 is 2.47 bits per heavy atom. The van der Waals surface area contributed by atoms with Gasteiger partial charge in [-0.25, -0.2) is 0 Å². The summed E-state index contributed by atoms with van der Waals surface area (Å²) in [5, 5.41) is 0. The number of alkyl halides is 1. The third-order valence-corrected chi connectivity index (χ3v) is 5.36. The van der Waals surface area contributed by atoms with Gasteiger partial charge in [-0.2, -0.15) is 0 Å². The maximum Gasteiger partial charge on any atom is 0.0283 e. The van der Waals surface area contributed by atoms with Crippen molar-refractivity contribution in [3.8, 4) is 0 Å². The van der Waals surface area contributed by atoms with Crippen LogP contribution in [-0.2, 0) is 12.8 Å². The van der Waals surface area contributed by atoms with Crippen LogP contribution in [0.15, 0.2) is 12.1 Å². The fourth-order valence-electron chi connectivity index (χ4n) is 2.56. The van der Waals surface area contributed by atoms with E-state index in [1.807, 2.05) is 11.3 Å². The zero-order valence-corrected chi connectivity index (χ0v) is 11.0. The second-order valence-electron chi connectivity index (χ2n) is 4.74. The highest BCUT2D eigenvalue weighted by Crippen LogP contribution is 2.42. The summed E-state index contributed by atoms with van der Waals surface area (Å²) in [6, 6.07) is 4.58. The number of hydrogen-bond donors (Lipinski definition) is 0. The Kier molecular flexibility index (Phi) is 3.73. The highest BCUT2D eigenvalue weighted by Gasteiger charge is 2.33. The lowest BCUT2D eigenvalue weighted by Crippen LogP contribution is -2.21. The van der Waals surface area contributed by atoms with E-state index in [9.17, 15) is 0 Å². The van der Waals surface area contributed by atoms with Gasteiger partial charge in [0.25, 0.3) is 0 Å². The van der Waals surface area contributed by atoms with Crippen LogP contribution in [0.4, 0.5) is 0 Å². The molecule has 0 aliphatic heterocycles. The third kappa shape index (κ3) is 2.57. The molecule has 0 amide bonds. The van der Waals surface area contributed by atoms with E-state index in [1.54, 1.807) is 0 Å². The van der Waals surface area contributed by atoms with Gasteiger partial charge >= 0.3 is 0 Å².